The molecule has 6 aromatic carbocycles. The van der Waals surface area contributed by atoms with E-state index in [1.165, 1.54) is 33.4 Å². The molecule has 2 heterocycles. The molecule has 1 N–H and O–H groups in total. The molecule has 0 saturated heterocycles. The minimum absolute atomic E-state index is 0.121. The van der Waals surface area contributed by atoms with Gasteiger partial charge in [-0.3, -0.25) is 4.79 Å². The first-order valence-corrected chi connectivity index (χ1v) is 19.0. The Labute approximate surface area is 322 Å². The maximum atomic E-state index is 12.6. The van der Waals surface area contributed by atoms with Crippen molar-refractivity contribution in [1.82, 2.24) is 24.4 Å². The fourth-order valence-electron chi connectivity index (χ4n) is 7.94. The molecule has 8 aromatic rings. The predicted molar refractivity (Wildman–Crippen MR) is 225 cm³/mol. The fraction of sp³-hybridized carbons (Fsp3) is 0.188. The summed E-state index contributed by atoms with van der Waals surface area (Å²) in [5.41, 5.74) is 15.1. The molecular weight excluding hydrogens is 679 g/mol. The van der Waals surface area contributed by atoms with Crippen LogP contribution < -0.4 is 10.1 Å². The molecule has 0 fully saturated rings. The standard InChI is InChI=1S/C48H45N5O2/c1-6-52-44-26-23-35(55-5)30-43(44)51-46(52)40-19-11-10-18-39(40)37-24-21-33(28-32(37)3)15-13-27-53-45-25-22-34(48(54)49-4)29-42(45)50-47(53)41-20-12-9-17-38(41)36-16-8-7-14-31(36)2/h7-12,14,16-26,28-30H,6,13,15,27H2,1-5H3,(H,49,54). The number of hydrogen-bond donors (Lipinski definition) is 1. The molecule has 0 aliphatic carbocycles. The van der Waals surface area contributed by atoms with Crippen molar-refractivity contribution in [2.24, 2.45) is 0 Å². The number of benzene rings is 6. The van der Waals surface area contributed by atoms with Crippen LogP contribution in [-0.2, 0) is 19.5 Å². The van der Waals surface area contributed by atoms with Gasteiger partial charge in [0, 0.05) is 42.9 Å². The van der Waals surface area contributed by atoms with Crippen molar-refractivity contribution in [2.75, 3.05) is 14.2 Å². The van der Waals surface area contributed by atoms with E-state index >= 15 is 0 Å². The van der Waals surface area contributed by atoms with Crippen molar-refractivity contribution >= 4 is 28.0 Å². The average molecular weight is 724 g/mol. The highest BCUT2D eigenvalue weighted by molar-refractivity contribution is 5.98. The van der Waals surface area contributed by atoms with Crippen LogP contribution in [0.25, 0.3) is 67.1 Å². The number of rotatable bonds is 11. The van der Waals surface area contributed by atoms with Gasteiger partial charge in [-0.1, -0.05) is 91.0 Å². The van der Waals surface area contributed by atoms with Gasteiger partial charge in [0.05, 0.1) is 29.2 Å². The zero-order valence-electron chi connectivity index (χ0n) is 32.1. The van der Waals surface area contributed by atoms with Gasteiger partial charge in [-0.25, -0.2) is 9.97 Å². The number of nitrogens with one attached hydrogen (secondary N) is 1. The summed E-state index contributed by atoms with van der Waals surface area (Å²) in [4.78, 5) is 22.9. The van der Waals surface area contributed by atoms with Crippen LogP contribution in [0.1, 0.15) is 40.4 Å². The van der Waals surface area contributed by atoms with Crippen molar-refractivity contribution < 1.29 is 9.53 Å². The second-order valence-corrected chi connectivity index (χ2v) is 14.1. The van der Waals surface area contributed by atoms with E-state index < -0.39 is 0 Å². The van der Waals surface area contributed by atoms with Crippen LogP contribution in [0.4, 0.5) is 0 Å². The van der Waals surface area contributed by atoms with Crippen LogP contribution in [0, 0.1) is 13.8 Å². The molecule has 0 atom stereocenters. The summed E-state index contributed by atoms with van der Waals surface area (Å²) in [5, 5.41) is 2.75. The Morgan fingerprint density at radius 3 is 1.85 bits per heavy atom. The van der Waals surface area contributed by atoms with Crippen LogP contribution in [0.3, 0.4) is 0 Å². The molecule has 1 amide bonds. The number of carbonyl (C=O) groups excluding carboxylic acids is 1. The van der Waals surface area contributed by atoms with Crippen molar-refractivity contribution in [2.45, 2.75) is 46.7 Å². The van der Waals surface area contributed by atoms with Crippen LogP contribution in [0.5, 0.6) is 5.75 Å². The smallest absolute Gasteiger partial charge is 0.251 e. The lowest BCUT2D eigenvalue weighted by molar-refractivity contribution is 0.0963. The van der Waals surface area contributed by atoms with Crippen LogP contribution in [-0.4, -0.2) is 39.2 Å². The molecule has 0 radical (unpaired) electrons. The lowest BCUT2D eigenvalue weighted by Gasteiger charge is -2.15. The van der Waals surface area contributed by atoms with E-state index in [2.05, 4.69) is 132 Å². The van der Waals surface area contributed by atoms with Crippen LogP contribution >= 0.6 is 0 Å². The van der Waals surface area contributed by atoms with Gasteiger partial charge in [-0.2, -0.15) is 0 Å². The first-order chi connectivity index (χ1) is 26.9. The summed E-state index contributed by atoms with van der Waals surface area (Å²) in [6.45, 7) is 8.10. The number of amides is 1. The lowest BCUT2D eigenvalue weighted by Crippen LogP contribution is -2.17. The van der Waals surface area contributed by atoms with Gasteiger partial charge in [0.2, 0.25) is 0 Å². The third-order valence-electron chi connectivity index (χ3n) is 10.7. The minimum Gasteiger partial charge on any atom is -0.497 e. The highest BCUT2D eigenvalue weighted by atomic mass is 16.5. The number of aryl methyl sites for hydroxylation is 5. The highest BCUT2D eigenvalue weighted by Crippen LogP contribution is 2.38. The zero-order valence-corrected chi connectivity index (χ0v) is 32.1. The van der Waals surface area contributed by atoms with Gasteiger partial charge < -0.3 is 19.2 Å². The van der Waals surface area contributed by atoms with Gasteiger partial charge >= 0.3 is 0 Å². The SMILES string of the molecule is CCn1c(-c2ccccc2-c2ccc(CCCn3c(-c4ccccc4-c4ccccc4C)nc4cc(C(=O)NC)ccc43)cc2C)nc2cc(OC)ccc21. The van der Waals surface area contributed by atoms with Gasteiger partial charge in [-0.05, 0) is 103 Å². The van der Waals surface area contributed by atoms with E-state index in [1.54, 1.807) is 14.2 Å². The predicted octanol–water partition coefficient (Wildman–Crippen LogP) is 10.7. The van der Waals surface area contributed by atoms with Crippen molar-refractivity contribution in [3.05, 3.63) is 150 Å². The van der Waals surface area contributed by atoms with E-state index in [0.717, 1.165) is 82.1 Å². The number of fused-ring (bicyclic) bond motifs is 2. The molecule has 8 rings (SSSR count). The summed E-state index contributed by atoms with van der Waals surface area (Å²) in [5.74, 6) is 2.55. The number of imidazole rings is 2. The molecule has 55 heavy (non-hydrogen) atoms. The van der Waals surface area contributed by atoms with E-state index in [9.17, 15) is 4.79 Å². The highest BCUT2D eigenvalue weighted by Gasteiger charge is 2.20. The Kier molecular flexibility index (Phi) is 9.77. The average Bonchev–Trinajstić information content (AvgIpc) is 3.78. The van der Waals surface area contributed by atoms with E-state index in [4.69, 9.17) is 14.7 Å². The molecule has 2 aromatic heterocycles. The zero-order chi connectivity index (χ0) is 38.1. The molecule has 0 spiro atoms. The third-order valence-corrected chi connectivity index (χ3v) is 10.7. The monoisotopic (exact) mass is 723 g/mol. The fourth-order valence-corrected chi connectivity index (χ4v) is 7.94. The van der Waals surface area contributed by atoms with Gasteiger partial charge in [-0.15, -0.1) is 0 Å². The number of hydrogen-bond acceptors (Lipinski definition) is 4. The first kappa shape index (κ1) is 35.6. The van der Waals surface area contributed by atoms with E-state index in [1.807, 2.05) is 30.3 Å². The third kappa shape index (κ3) is 6.67. The maximum absolute atomic E-state index is 12.6. The number of nitrogens with zero attached hydrogens (tertiary/aromatic N) is 4. The number of aromatic nitrogens is 4. The molecule has 0 saturated carbocycles. The Hall–Kier alpha value is -6.47. The van der Waals surface area contributed by atoms with Gasteiger partial charge in [0.25, 0.3) is 5.91 Å². The van der Waals surface area contributed by atoms with Crippen molar-refractivity contribution in [3.8, 4) is 50.8 Å². The molecule has 0 bridgehead atoms. The number of carbonyl (C=O) groups is 1. The summed E-state index contributed by atoms with van der Waals surface area (Å²) < 4.78 is 10.1. The van der Waals surface area contributed by atoms with Crippen molar-refractivity contribution in [1.29, 1.82) is 0 Å². The molecule has 274 valence electrons. The Morgan fingerprint density at radius 2 is 1.22 bits per heavy atom. The Balaban J connectivity index is 1.11. The topological polar surface area (TPSA) is 74.0 Å². The summed E-state index contributed by atoms with van der Waals surface area (Å²) in [6.07, 6.45) is 1.83. The van der Waals surface area contributed by atoms with Crippen LogP contribution in [0.2, 0.25) is 0 Å². The quantitative estimate of drug-likeness (QED) is 0.144. The molecule has 0 unspecified atom stereocenters. The Bertz CT molecular complexity index is 2700. The lowest BCUT2D eigenvalue weighted by atomic mass is 9.93. The largest absolute Gasteiger partial charge is 0.497 e. The first-order valence-electron chi connectivity index (χ1n) is 19.0. The van der Waals surface area contributed by atoms with Gasteiger partial charge in [0.15, 0.2) is 0 Å². The van der Waals surface area contributed by atoms with E-state index in [-0.39, 0.29) is 5.91 Å². The number of ether oxygens (including phenoxy) is 1. The van der Waals surface area contributed by atoms with Crippen LogP contribution in [0.15, 0.2) is 127 Å². The molecular formula is C48H45N5O2. The maximum Gasteiger partial charge on any atom is 0.251 e. The molecule has 7 nitrogen and oxygen atoms in total. The normalized spacial score (nSPS) is 11.4. The summed E-state index contributed by atoms with van der Waals surface area (Å²) in [7, 11) is 3.35. The van der Waals surface area contributed by atoms with Gasteiger partial charge in [0.1, 0.15) is 17.4 Å². The van der Waals surface area contributed by atoms with Crippen molar-refractivity contribution in [3.63, 3.8) is 0 Å². The number of methoxy groups -OCH3 is 1. The molecule has 0 aliphatic heterocycles. The molecule has 7 heteroatoms. The Morgan fingerprint density at radius 1 is 0.636 bits per heavy atom. The summed E-state index contributed by atoms with van der Waals surface area (Å²) >= 11 is 0. The second kappa shape index (κ2) is 15.1. The summed E-state index contributed by atoms with van der Waals surface area (Å²) in [6, 6.07) is 44.3. The van der Waals surface area contributed by atoms with E-state index in [0.29, 0.717) is 5.56 Å². The second-order valence-electron chi connectivity index (χ2n) is 14.1. The molecule has 0 aliphatic rings. The minimum atomic E-state index is -0.121.